The van der Waals surface area contributed by atoms with Gasteiger partial charge in [-0.1, -0.05) is 24.3 Å². The number of rotatable bonds is 9. The van der Waals surface area contributed by atoms with Gasteiger partial charge in [0.15, 0.2) is 11.5 Å². The van der Waals surface area contributed by atoms with Crippen molar-refractivity contribution in [1.29, 1.82) is 0 Å². The largest absolute Gasteiger partial charge is 0.497 e. The molecule has 0 saturated heterocycles. The van der Waals surface area contributed by atoms with Crippen LogP contribution in [0.25, 0.3) is 22.2 Å². The number of H-pyrrole nitrogens is 1. The van der Waals surface area contributed by atoms with Crippen molar-refractivity contribution in [2.24, 2.45) is 0 Å². The minimum absolute atomic E-state index is 0.194. The number of para-hydroxylation sites is 2. The molecule has 6 nitrogen and oxygen atoms in total. The lowest BCUT2D eigenvalue weighted by molar-refractivity contribution is 0.0952. The number of aromatic amines is 1. The molecule has 0 unspecified atom stereocenters. The Balaban J connectivity index is 1.49. The normalized spacial score (nSPS) is 10.8. The number of carbonyl (C=O) groups excluding carboxylic acids is 1. The van der Waals surface area contributed by atoms with Gasteiger partial charge >= 0.3 is 0 Å². The molecule has 0 aliphatic carbocycles. The van der Waals surface area contributed by atoms with Gasteiger partial charge in [-0.05, 0) is 48.0 Å². The highest BCUT2D eigenvalue weighted by Crippen LogP contribution is 2.38. The van der Waals surface area contributed by atoms with Gasteiger partial charge < -0.3 is 24.5 Å². The van der Waals surface area contributed by atoms with E-state index in [9.17, 15) is 4.79 Å². The number of methoxy groups -OCH3 is 3. The molecule has 1 amide bonds. The van der Waals surface area contributed by atoms with E-state index in [-0.39, 0.29) is 5.91 Å². The molecular weight excluding hydrogens is 436 g/mol. The van der Waals surface area contributed by atoms with E-state index in [0.29, 0.717) is 29.4 Å². The maximum absolute atomic E-state index is 12.7. The number of hydrogen-bond donors (Lipinski definition) is 2. The number of benzene rings is 3. The van der Waals surface area contributed by atoms with E-state index in [1.807, 2.05) is 36.4 Å². The van der Waals surface area contributed by atoms with Crippen molar-refractivity contribution in [3.05, 3.63) is 72.3 Å². The van der Waals surface area contributed by atoms with Crippen LogP contribution >= 0.6 is 11.8 Å². The Hall–Kier alpha value is -3.58. The van der Waals surface area contributed by atoms with E-state index < -0.39 is 0 Å². The molecule has 0 aliphatic heterocycles. The van der Waals surface area contributed by atoms with Crippen LogP contribution in [0.1, 0.15) is 10.4 Å². The Morgan fingerprint density at radius 2 is 1.70 bits per heavy atom. The summed E-state index contributed by atoms with van der Waals surface area (Å²) in [5, 5.41) is 4.15. The standard InChI is InChI=1S/C26H26N2O4S/c1-30-18-13-11-17(12-14-18)23-25(19-7-4-5-9-21(19)28-23)33-16-15-27-26(29)20-8-6-10-22(31-2)24(20)32-3/h4-14,28H,15-16H2,1-3H3,(H,27,29). The highest BCUT2D eigenvalue weighted by molar-refractivity contribution is 7.99. The van der Waals surface area contributed by atoms with Crippen LogP contribution in [0.5, 0.6) is 17.2 Å². The van der Waals surface area contributed by atoms with E-state index in [1.54, 1.807) is 44.2 Å². The number of amides is 1. The van der Waals surface area contributed by atoms with E-state index in [4.69, 9.17) is 14.2 Å². The number of ether oxygens (including phenoxy) is 3. The third-order valence-corrected chi connectivity index (χ3v) is 6.44. The summed E-state index contributed by atoms with van der Waals surface area (Å²) < 4.78 is 16.0. The number of hydrogen-bond acceptors (Lipinski definition) is 5. The van der Waals surface area contributed by atoms with Crippen molar-refractivity contribution in [2.75, 3.05) is 33.6 Å². The summed E-state index contributed by atoms with van der Waals surface area (Å²) >= 11 is 1.71. The molecule has 7 heteroatoms. The van der Waals surface area contributed by atoms with Crippen LogP contribution in [0.4, 0.5) is 0 Å². The van der Waals surface area contributed by atoms with Crippen molar-refractivity contribution in [2.45, 2.75) is 4.90 Å². The predicted molar refractivity (Wildman–Crippen MR) is 133 cm³/mol. The summed E-state index contributed by atoms with van der Waals surface area (Å²) in [5.74, 6) is 2.30. The SMILES string of the molecule is COc1ccc(-c2[nH]c3ccccc3c2SCCNC(=O)c2cccc(OC)c2OC)cc1. The fourth-order valence-corrected chi connectivity index (χ4v) is 4.76. The van der Waals surface area contributed by atoms with Gasteiger partial charge in [0.05, 0.1) is 32.6 Å². The first-order valence-corrected chi connectivity index (χ1v) is 11.5. The van der Waals surface area contributed by atoms with Gasteiger partial charge in [-0.2, -0.15) is 0 Å². The fraction of sp³-hybridized carbons (Fsp3) is 0.192. The summed E-state index contributed by atoms with van der Waals surface area (Å²) in [6, 6.07) is 21.5. The van der Waals surface area contributed by atoms with Gasteiger partial charge in [0.2, 0.25) is 0 Å². The van der Waals surface area contributed by atoms with E-state index in [2.05, 4.69) is 22.4 Å². The highest BCUT2D eigenvalue weighted by atomic mass is 32.2. The van der Waals surface area contributed by atoms with Gasteiger partial charge in [0.1, 0.15) is 5.75 Å². The summed E-state index contributed by atoms with van der Waals surface area (Å²) in [5.41, 5.74) is 3.67. The molecule has 0 aliphatic rings. The Bertz CT molecular complexity index is 1250. The molecule has 4 rings (SSSR count). The van der Waals surface area contributed by atoms with Gasteiger partial charge in [-0.15, -0.1) is 11.8 Å². The van der Waals surface area contributed by atoms with Crippen molar-refractivity contribution >= 4 is 28.6 Å². The second-order valence-corrected chi connectivity index (χ2v) is 8.35. The molecule has 0 fully saturated rings. The Morgan fingerprint density at radius 3 is 2.42 bits per heavy atom. The lowest BCUT2D eigenvalue weighted by atomic mass is 10.1. The third kappa shape index (κ3) is 4.78. The first-order valence-electron chi connectivity index (χ1n) is 10.5. The molecule has 0 radical (unpaired) electrons. The average Bonchev–Trinajstić information content (AvgIpc) is 3.24. The number of carbonyl (C=O) groups is 1. The van der Waals surface area contributed by atoms with Crippen molar-refractivity contribution < 1.29 is 19.0 Å². The van der Waals surface area contributed by atoms with Crippen LogP contribution < -0.4 is 19.5 Å². The summed E-state index contributed by atoms with van der Waals surface area (Å²) in [7, 11) is 4.74. The monoisotopic (exact) mass is 462 g/mol. The molecule has 3 aromatic carbocycles. The summed E-state index contributed by atoms with van der Waals surface area (Å²) in [6.07, 6.45) is 0. The molecule has 1 heterocycles. The molecule has 0 spiro atoms. The first-order chi connectivity index (χ1) is 16.2. The van der Waals surface area contributed by atoms with Crippen LogP contribution in [0, 0.1) is 0 Å². The third-order valence-electron chi connectivity index (χ3n) is 5.32. The minimum atomic E-state index is -0.194. The quantitative estimate of drug-likeness (QED) is 0.258. The maximum atomic E-state index is 12.7. The van der Waals surface area contributed by atoms with Crippen LogP contribution in [-0.2, 0) is 0 Å². The predicted octanol–water partition coefficient (Wildman–Crippen LogP) is 5.38. The van der Waals surface area contributed by atoms with Crippen LogP contribution in [0.2, 0.25) is 0 Å². The maximum Gasteiger partial charge on any atom is 0.255 e. The Morgan fingerprint density at radius 1 is 0.909 bits per heavy atom. The molecule has 2 N–H and O–H groups in total. The molecule has 170 valence electrons. The zero-order valence-corrected chi connectivity index (χ0v) is 19.6. The smallest absolute Gasteiger partial charge is 0.255 e. The zero-order valence-electron chi connectivity index (χ0n) is 18.8. The van der Waals surface area contributed by atoms with E-state index in [0.717, 1.165) is 32.8 Å². The second-order valence-electron chi connectivity index (χ2n) is 7.25. The van der Waals surface area contributed by atoms with Gasteiger partial charge in [0, 0.05) is 28.1 Å². The number of aromatic nitrogens is 1. The van der Waals surface area contributed by atoms with Crippen LogP contribution in [-0.4, -0.2) is 44.5 Å². The molecule has 0 atom stereocenters. The number of fused-ring (bicyclic) bond motifs is 1. The molecule has 0 saturated carbocycles. The summed E-state index contributed by atoms with van der Waals surface area (Å²) in [6.45, 7) is 0.505. The topological polar surface area (TPSA) is 72.6 Å². The van der Waals surface area contributed by atoms with Gasteiger partial charge in [-0.25, -0.2) is 0 Å². The van der Waals surface area contributed by atoms with Crippen LogP contribution in [0.3, 0.4) is 0 Å². The molecular formula is C26H26N2O4S. The van der Waals surface area contributed by atoms with E-state index in [1.165, 1.54) is 7.11 Å². The van der Waals surface area contributed by atoms with Gasteiger partial charge in [0.25, 0.3) is 5.91 Å². The van der Waals surface area contributed by atoms with E-state index >= 15 is 0 Å². The zero-order chi connectivity index (χ0) is 23.2. The summed E-state index contributed by atoms with van der Waals surface area (Å²) in [4.78, 5) is 17.4. The minimum Gasteiger partial charge on any atom is -0.497 e. The molecule has 33 heavy (non-hydrogen) atoms. The number of nitrogens with one attached hydrogen (secondary N) is 2. The molecule has 0 bridgehead atoms. The number of thioether (sulfide) groups is 1. The highest BCUT2D eigenvalue weighted by Gasteiger charge is 2.17. The molecule has 1 aromatic heterocycles. The van der Waals surface area contributed by atoms with Crippen molar-refractivity contribution in [3.63, 3.8) is 0 Å². The average molecular weight is 463 g/mol. The second kappa shape index (κ2) is 10.4. The Labute approximate surface area is 197 Å². The lowest BCUT2D eigenvalue weighted by Crippen LogP contribution is -2.26. The van der Waals surface area contributed by atoms with Crippen molar-refractivity contribution in [1.82, 2.24) is 10.3 Å². The first kappa shape index (κ1) is 22.6. The fourth-order valence-electron chi connectivity index (χ4n) is 3.71. The van der Waals surface area contributed by atoms with Gasteiger partial charge in [-0.3, -0.25) is 4.79 Å². The lowest BCUT2D eigenvalue weighted by Gasteiger charge is -2.12. The molecule has 4 aromatic rings. The Kier molecular flexibility index (Phi) is 7.10. The van der Waals surface area contributed by atoms with Crippen LogP contribution in [0.15, 0.2) is 71.6 Å². The van der Waals surface area contributed by atoms with Crippen molar-refractivity contribution in [3.8, 4) is 28.5 Å².